The fourth-order valence-corrected chi connectivity index (χ4v) is 4.48. The van der Waals surface area contributed by atoms with Gasteiger partial charge in [0.05, 0.1) is 12.3 Å². The van der Waals surface area contributed by atoms with Crippen LogP contribution in [0.15, 0.2) is 48.5 Å². The van der Waals surface area contributed by atoms with Crippen molar-refractivity contribution in [3.63, 3.8) is 0 Å². The lowest BCUT2D eigenvalue weighted by Gasteiger charge is -2.36. The van der Waals surface area contributed by atoms with Gasteiger partial charge in [-0.25, -0.2) is 0 Å². The summed E-state index contributed by atoms with van der Waals surface area (Å²) >= 11 is 0. The van der Waals surface area contributed by atoms with Crippen LogP contribution in [0.2, 0.25) is 0 Å². The number of hydrogen-bond acceptors (Lipinski definition) is 4. The predicted octanol–water partition coefficient (Wildman–Crippen LogP) is 3.97. The average Bonchev–Trinajstić information content (AvgIpc) is 2.77. The van der Waals surface area contributed by atoms with E-state index in [1.807, 2.05) is 17.0 Å². The van der Waals surface area contributed by atoms with Crippen molar-refractivity contribution in [3.8, 4) is 5.75 Å². The van der Waals surface area contributed by atoms with Crippen molar-refractivity contribution >= 4 is 17.3 Å². The largest absolute Gasteiger partial charge is 0.493 e. The summed E-state index contributed by atoms with van der Waals surface area (Å²) in [4.78, 5) is 19.2. The van der Waals surface area contributed by atoms with E-state index in [1.165, 1.54) is 11.3 Å². The lowest BCUT2D eigenvalue weighted by atomic mass is 9.99. The zero-order valence-electron chi connectivity index (χ0n) is 18.2. The van der Waals surface area contributed by atoms with Crippen LogP contribution in [0.3, 0.4) is 0 Å². The van der Waals surface area contributed by atoms with Gasteiger partial charge in [0.25, 0.3) is 0 Å². The molecule has 2 aromatic carbocycles. The minimum Gasteiger partial charge on any atom is -0.493 e. The van der Waals surface area contributed by atoms with Crippen LogP contribution in [-0.2, 0) is 11.2 Å². The number of hydrogen-bond donors (Lipinski definition) is 0. The molecule has 1 fully saturated rings. The molecule has 2 aromatic rings. The summed E-state index contributed by atoms with van der Waals surface area (Å²) in [6.07, 6.45) is 2.44. The topological polar surface area (TPSA) is 36.0 Å². The second-order valence-electron chi connectivity index (χ2n) is 8.51. The predicted molar refractivity (Wildman–Crippen MR) is 123 cm³/mol. The summed E-state index contributed by atoms with van der Waals surface area (Å²) in [5.41, 5.74) is 3.59. The Bertz CT molecular complexity index is 845. The lowest BCUT2D eigenvalue weighted by molar-refractivity contribution is -0.119. The highest BCUT2D eigenvalue weighted by atomic mass is 16.5. The molecule has 30 heavy (non-hydrogen) atoms. The first-order valence-electron chi connectivity index (χ1n) is 11.2. The van der Waals surface area contributed by atoms with Crippen LogP contribution in [-0.4, -0.2) is 56.2 Å². The van der Waals surface area contributed by atoms with Gasteiger partial charge in [-0.15, -0.1) is 0 Å². The normalized spacial score (nSPS) is 17.4. The number of nitrogens with zero attached hydrogens (tertiary/aromatic N) is 3. The average molecular weight is 408 g/mol. The number of fused-ring (bicyclic) bond motifs is 1. The monoisotopic (exact) mass is 407 g/mol. The van der Waals surface area contributed by atoms with E-state index in [0.717, 1.165) is 57.0 Å². The number of amides is 1. The molecule has 0 atom stereocenters. The molecule has 0 aliphatic carbocycles. The standard InChI is InChI=1S/C25H33N3O2/c1-20(2)28-24-19-23(11-9-21(24)10-12-25(28)29)30-18-6-13-26-14-16-27(17-15-26)22-7-4-3-5-8-22/h3-5,7-9,11,19-20H,6,10,12-18H2,1-2H3. The SMILES string of the molecule is CC(C)N1C(=O)CCc2ccc(OCCCN3CCN(c4ccccc4)CC3)cc21. The number of benzene rings is 2. The van der Waals surface area contributed by atoms with Crippen molar-refractivity contribution in [1.29, 1.82) is 0 Å². The quantitative estimate of drug-likeness (QED) is 0.651. The van der Waals surface area contributed by atoms with Gasteiger partial charge in [0, 0.05) is 56.9 Å². The zero-order valence-corrected chi connectivity index (χ0v) is 18.2. The van der Waals surface area contributed by atoms with Crippen LogP contribution in [0.4, 0.5) is 11.4 Å². The van der Waals surface area contributed by atoms with Crippen molar-refractivity contribution < 1.29 is 9.53 Å². The molecule has 2 aliphatic heterocycles. The molecule has 0 unspecified atom stereocenters. The summed E-state index contributed by atoms with van der Waals surface area (Å²) in [5, 5.41) is 0. The van der Waals surface area contributed by atoms with Gasteiger partial charge >= 0.3 is 0 Å². The van der Waals surface area contributed by atoms with Crippen LogP contribution in [0.1, 0.15) is 32.3 Å². The third-order valence-electron chi connectivity index (χ3n) is 6.09. The maximum Gasteiger partial charge on any atom is 0.227 e. The zero-order chi connectivity index (χ0) is 20.9. The van der Waals surface area contributed by atoms with E-state index < -0.39 is 0 Å². The fourth-order valence-electron chi connectivity index (χ4n) is 4.48. The maximum absolute atomic E-state index is 12.3. The van der Waals surface area contributed by atoms with Crippen molar-refractivity contribution in [3.05, 3.63) is 54.1 Å². The van der Waals surface area contributed by atoms with Crippen molar-refractivity contribution in [2.75, 3.05) is 49.1 Å². The van der Waals surface area contributed by atoms with Gasteiger partial charge in [-0.3, -0.25) is 9.69 Å². The molecule has 2 aliphatic rings. The Morgan fingerprint density at radius 1 is 0.967 bits per heavy atom. The summed E-state index contributed by atoms with van der Waals surface area (Å²) in [6, 6.07) is 17.0. The molecule has 1 saturated heterocycles. The number of carbonyl (C=O) groups excluding carboxylic acids is 1. The van der Waals surface area contributed by atoms with E-state index in [-0.39, 0.29) is 11.9 Å². The fraction of sp³-hybridized carbons (Fsp3) is 0.480. The first-order chi connectivity index (χ1) is 14.6. The lowest BCUT2D eigenvalue weighted by Crippen LogP contribution is -2.46. The summed E-state index contributed by atoms with van der Waals surface area (Å²) in [7, 11) is 0. The number of rotatable bonds is 7. The minimum absolute atomic E-state index is 0.168. The molecular formula is C25H33N3O2. The Balaban J connectivity index is 1.23. The summed E-state index contributed by atoms with van der Waals surface area (Å²) in [5.74, 6) is 1.08. The van der Waals surface area contributed by atoms with Gasteiger partial charge in [-0.1, -0.05) is 24.3 Å². The van der Waals surface area contributed by atoms with E-state index in [1.54, 1.807) is 0 Å². The van der Waals surface area contributed by atoms with E-state index >= 15 is 0 Å². The van der Waals surface area contributed by atoms with Crippen LogP contribution < -0.4 is 14.5 Å². The van der Waals surface area contributed by atoms with E-state index in [0.29, 0.717) is 13.0 Å². The molecule has 1 amide bonds. The maximum atomic E-state index is 12.3. The number of anilines is 2. The highest BCUT2D eigenvalue weighted by molar-refractivity contribution is 5.97. The Hall–Kier alpha value is -2.53. The Morgan fingerprint density at radius 3 is 2.47 bits per heavy atom. The molecule has 5 nitrogen and oxygen atoms in total. The molecule has 2 heterocycles. The van der Waals surface area contributed by atoms with Gasteiger partial charge in [0.15, 0.2) is 0 Å². The second kappa shape index (κ2) is 9.52. The summed E-state index contributed by atoms with van der Waals surface area (Å²) in [6.45, 7) is 10.2. The molecule has 0 saturated carbocycles. The van der Waals surface area contributed by atoms with Crippen molar-refractivity contribution in [2.24, 2.45) is 0 Å². The number of piperazine rings is 1. The smallest absolute Gasteiger partial charge is 0.227 e. The number of ether oxygens (including phenoxy) is 1. The van der Waals surface area contributed by atoms with Crippen molar-refractivity contribution in [1.82, 2.24) is 4.90 Å². The van der Waals surface area contributed by atoms with Crippen LogP contribution in [0.5, 0.6) is 5.75 Å². The van der Waals surface area contributed by atoms with Crippen LogP contribution in [0.25, 0.3) is 0 Å². The summed E-state index contributed by atoms with van der Waals surface area (Å²) < 4.78 is 6.04. The van der Waals surface area contributed by atoms with Gasteiger partial charge < -0.3 is 14.5 Å². The van der Waals surface area contributed by atoms with E-state index in [2.05, 4.69) is 60.0 Å². The molecular weight excluding hydrogens is 374 g/mol. The highest BCUT2D eigenvalue weighted by Gasteiger charge is 2.26. The number of para-hydroxylation sites is 1. The molecule has 0 N–H and O–H groups in total. The molecule has 0 radical (unpaired) electrons. The first-order valence-corrected chi connectivity index (χ1v) is 11.2. The molecule has 4 rings (SSSR count). The molecule has 0 aromatic heterocycles. The molecule has 0 bridgehead atoms. The number of carbonyl (C=O) groups is 1. The minimum atomic E-state index is 0.168. The van der Waals surface area contributed by atoms with Gasteiger partial charge in [0.1, 0.15) is 5.75 Å². The highest BCUT2D eigenvalue weighted by Crippen LogP contribution is 2.33. The first kappa shape index (κ1) is 20.7. The Labute approximate surface area is 180 Å². The molecule has 5 heteroatoms. The third-order valence-corrected chi connectivity index (χ3v) is 6.09. The number of aryl methyl sites for hydroxylation is 1. The van der Waals surface area contributed by atoms with E-state index in [9.17, 15) is 4.79 Å². The Morgan fingerprint density at radius 2 is 1.73 bits per heavy atom. The van der Waals surface area contributed by atoms with Gasteiger partial charge in [-0.05, 0) is 50.5 Å². The molecule has 0 spiro atoms. The Kier molecular flexibility index (Phi) is 6.58. The third kappa shape index (κ3) is 4.78. The van der Waals surface area contributed by atoms with E-state index in [4.69, 9.17) is 4.74 Å². The molecule has 160 valence electrons. The van der Waals surface area contributed by atoms with Gasteiger partial charge in [-0.2, -0.15) is 0 Å². The van der Waals surface area contributed by atoms with Crippen LogP contribution >= 0.6 is 0 Å². The second-order valence-corrected chi connectivity index (χ2v) is 8.51. The van der Waals surface area contributed by atoms with Gasteiger partial charge in [0.2, 0.25) is 5.91 Å². The van der Waals surface area contributed by atoms with Crippen molar-refractivity contribution in [2.45, 2.75) is 39.2 Å². The van der Waals surface area contributed by atoms with Crippen LogP contribution in [0, 0.1) is 0 Å².